The number of nitrogens with one attached hydrogen (secondary N) is 2. The molecule has 4 nitrogen and oxygen atoms in total. The highest BCUT2D eigenvalue weighted by Gasteiger charge is 1.83. The van der Waals surface area contributed by atoms with E-state index >= 15 is 0 Å². The van der Waals surface area contributed by atoms with Gasteiger partial charge >= 0.3 is 0 Å². The van der Waals surface area contributed by atoms with Crippen molar-refractivity contribution in [2.24, 2.45) is 10.9 Å². The van der Waals surface area contributed by atoms with Gasteiger partial charge in [0.1, 0.15) is 0 Å². The first kappa shape index (κ1) is 8.32. The Labute approximate surface area is 59.5 Å². The van der Waals surface area contributed by atoms with Gasteiger partial charge in [-0.1, -0.05) is 0 Å². The maximum Gasteiger partial charge on any atom is 0.201 e. The third-order valence-electron chi connectivity index (χ3n) is 0.512. The summed E-state index contributed by atoms with van der Waals surface area (Å²) in [5.41, 5.74) is 5.64. The van der Waals surface area contributed by atoms with Gasteiger partial charge < -0.3 is 0 Å². The number of hydrogen-bond donors (Lipinski definition) is 3. The molecule has 0 atom stereocenters. The second kappa shape index (κ2) is 4.22. The smallest absolute Gasteiger partial charge is 0.201 e. The van der Waals surface area contributed by atoms with E-state index in [4.69, 9.17) is 5.84 Å². The van der Waals surface area contributed by atoms with Gasteiger partial charge in [0.2, 0.25) is 5.11 Å². The second-order valence-corrected chi connectivity index (χ2v) is 2.05. The number of thiocarbonyl (C=S) groups is 1. The lowest BCUT2D eigenvalue weighted by molar-refractivity contribution is 0.924. The van der Waals surface area contributed by atoms with E-state index in [-0.39, 0.29) is 0 Å². The van der Waals surface area contributed by atoms with Gasteiger partial charge in [-0.15, -0.1) is 0 Å². The van der Waals surface area contributed by atoms with E-state index < -0.39 is 0 Å². The van der Waals surface area contributed by atoms with Crippen molar-refractivity contribution in [1.29, 1.82) is 0 Å². The fraction of sp³-hybridized carbons (Fsp3) is 0.500. The summed E-state index contributed by atoms with van der Waals surface area (Å²) in [7, 11) is 0. The van der Waals surface area contributed by atoms with Crippen molar-refractivity contribution in [3.63, 3.8) is 0 Å². The summed E-state index contributed by atoms with van der Waals surface area (Å²) in [6, 6.07) is 0. The Bertz CT molecular complexity index is 127. The van der Waals surface area contributed by atoms with Crippen molar-refractivity contribution in [2.75, 3.05) is 0 Å². The minimum absolute atomic E-state index is 0.316. The first-order valence-electron chi connectivity index (χ1n) is 2.44. The van der Waals surface area contributed by atoms with Crippen molar-refractivity contribution < 1.29 is 0 Å². The van der Waals surface area contributed by atoms with Gasteiger partial charge in [0.05, 0.1) is 0 Å². The zero-order chi connectivity index (χ0) is 7.28. The molecule has 0 saturated heterocycles. The molecule has 5 heteroatoms. The quantitative estimate of drug-likeness (QED) is 0.206. The summed E-state index contributed by atoms with van der Waals surface area (Å²) in [6.07, 6.45) is 0. The van der Waals surface area contributed by atoms with E-state index in [1.807, 2.05) is 13.8 Å². The molecular weight excluding hydrogens is 136 g/mol. The highest BCUT2D eigenvalue weighted by atomic mass is 32.1. The Morgan fingerprint density at radius 3 is 2.44 bits per heavy atom. The number of nitrogens with two attached hydrogens (primary N) is 1. The highest BCUT2D eigenvalue weighted by molar-refractivity contribution is 7.80. The van der Waals surface area contributed by atoms with Gasteiger partial charge in [-0.05, 0) is 26.1 Å². The molecule has 0 spiro atoms. The molecule has 9 heavy (non-hydrogen) atoms. The molecule has 0 aliphatic rings. The first-order chi connectivity index (χ1) is 4.16. The van der Waals surface area contributed by atoms with Gasteiger partial charge in [-0.3, -0.25) is 10.9 Å². The normalized spacial score (nSPS) is 7.89. The Kier molecular flexibility index (Phi) is 3.90. The molecule has 4 N–H and O–H groups in total. The zero-order valence-electron chi connectivity index (χ0n) is 5.43. The van der Waals surface area contributed by atoms with Crippen LogP contribution < -0.4 is 16.7 Å². The van der Waals surface area contributed by atoms with E-state index in [2.05, 4.69) is 28.2 Å². The largest absolute Gasteiger partial charge is 0.300 e. The third-order valence-corrected chi connectivity index (χ3v) is 0.721. The van der Waals surface area contributed by atoms with Crippen molar-refractivity contribution >= 4 is 23.0 Å². The van der Waals surface area contributed by atoms with Crippen LogP contribution in [-0.4, -0.2) is 10.8 Å². The molecule has 52 valence electrons. The molecule has 0 aromatic heterocycles. The number of rotatable bonds is 1. The van der Waals surface area contributed by atoms with Crippen LogP contribution in [0, 0.1) is 0 Å². The lowest BCUT2D eigenvalue weighted by Crippen LogP contribution is -2.37. The van der Waals surface area contributed by atoms with E-state index in [1.54, 1.807) is 0 Å². The highest BCUT2D eigenvalue weighted by Crippen LogP contribution is 1.68. The van der Waals surface area contributed by atoms with Gasteiger partial charge in [0, 0.05) is 5.71 Å². The van der Waals surface area contributed by atoms with Crippen molar-refractivity contribution in [1.82, 2.24) is 10.9 Å². The van der Waals surface area contributed by atoms with Crippen LogP contribution in [0.2, 0.25) is 0 Å². The van der Waals surface area contributed by atoms with Crippen LogP contribution in [0.5, 0.6) is 0 Å². The number of nitrogens with zero attached hydrogens (tertiary/aromatic N) is 1. The molecular formula is C4H10N4S. The first-order valence-corrected chi connectivity index (χ1v) is 2.85. The lowest BCUT2D eigenvalue weighted by atomic mass is 10.5. The van der Waals surface area contributed by atoms with E-state index in [0.29, 0.717) is 5.11 Å². The van der Waals surface area contributed by atoms with Crippen LogP contribution in [-0.2, 0) is 0 Å². The monoisotopic (exact) mass is 146 g/mol. The Hall–Kier alpha value is -0.680. The van der Waals surface area contributed by atoms with E-state index in [0.717, 1.165) is 5.71 Å². The average Bonchev–Trinajstić information content (AvgIpc) is 1.83. The maximum absolute atomic E-state index is 4.94. The molecule has 0 aromatic rings. The van der Waals surface area contributed by atoms with Crippen molar-refractivity contribution in [3.8, 4) is 0 Å². The summed E-state index contributed by atoms with van der Waals surface area (Å²) < 4.78 is 0. The second-order valence-electron chi connectivity index (χ2n) is 1.64. The average molecular weight is 146 g/mol. The maximum atomic E-state index is 4.94. The molecule has 0 aromatic carbocycles. The fourth-order valence-corrected chi connectivity index (χ4v) is 0.240. The Balaban J connectivity index is 3.50. The number of hydrazine groups is 1. The minimum atomic E-state index is 0.316. The zero-order valence-corrected chi connectivity index (χ0v) is 6.25. The van der Waals surface area contributed by atoms with Crippen LogP contribution in [0.25, 0.3) is 0 Å². The fourth-order valence-electron chi connectivity index (χ4n) is 0.195. The summed E-state index contributed by atoms with van der Waals surface area (Å²) in [6.45, 7) is 3.71. The van der Waals surface area contributed by atoms with Gasteiger partial charge in [-0.2, -0.15) is 5.10 Å². The summed E-state index contributed by atoms with van der Waals surface area (Å²) >= 11 is 4.62. The third kappa shape index (κ3) is 5.19. The molecule has 0 amide bonds. The van der Waals surface area contributed by atoms with Crippen LogP contribution in [0.1, 0.15) is 13.8 Å². The van der Waals surface area contributed by atoms with Gasteiger partial charge in [-0.25, -0.2) is 5.84 Å². The van der Waals surface area contributed by atoms with Crippen LogP contribution in [0.4, 0.5) is 0 Å². The van der Waals surface area contributed by atoms with E-state index in [1.165, 1.54) is 0 Å². The number of hydrogen-bond acceptors (Lipinski definition) is 3. The van der Waals surface area contributed by atoms with Crippen molar-refractivity contribution in [2.45, 2.75) is 13.8 Å². The minimum Gasteiger partial charge on any atom is -0.300 e. The summed E-state index contributed by atoms with van der Waals surface area (Å²) in [4.78, 5) is 0. The van der Waals surface area contributed by atoms with Crippen LogP contribution >= 0.6 is 12.2 Å². The molecule has 0 unspecified atom stereocenters. The molecule has 0 rings (SSSR count). The predicted molar refractivity (Wildman–Crippen MR) is 41.8 cm³/mol. The standard InChI is InChI=1S/C4H10N4S/c1-3(2)7-8-4(9)6-5/h5H2,1-2H3,(H2,6,8,9). The molecule has 0 aliphatic heterocycles. The Morgan fingerprint density at radius 1 is 1.56 bits per heavy atom. The number of hydrazone groups is 1. The Morgan fingerprint density at radius 2 is 2.11 bits per heavy atom. The molecule has 0 saturated carbocycles. The molecule has 0 radical (unpaired) electrons. The van der Waals surface area contributed by atoms with Gasteiger partial charge in [0.25, 0.3) is 0 Å². The SMILES string of the molecule is CC(C)=NNC(=S)NN. The summed E-state index contributed by atoms with van der Waals surface area (Å²) in [5, 5.41) is 4.09. The predicted octanol–water partition coefficient (Wildman–Crippen LogP) is -0.280. The van der Waals surface area contributed by atoms with Crippen LogP contribution in [0.3, 0.4) is 0 Å². The van der Waals surface area contributed by atoms with E-state index in [9.17, 15) is 0 Å². The molecule has 0 bridgehead atoms. The molecule has 0 fully saturated rings. The summed E-state index contributed by atoms with van der Waals surface area (Å²) in [5.74, 6) is 4.94. The lowest BCUT2D eigenvalue weighted by Gasteiger charge is -1.99. The van der Waals surface area contributed by atoms with Crippen molar-refractivity contribution in [3.05, 3.63) is 0 Å². The molecule has 0 heterocycles. The topological polar surface area (TPSA) is 62.4 Å². The molecule has 0 aliphatic carbocycles. The van der Waals surface area contributed by atoms with Gasteiger partial charge in [0.15, 0.2) is 0 Å². The van der Waals surface area contributed by atoms with Crippen LogP contribution in [0.15, 0.2) is 5.10 Å².